The molecule has 0 aliphatic heterocycles. The first-order valence-electron chi connectivity index (χ1n) is 6.38. The standard InChI is InChI=1S/C12H22N2O3/c1-2-17-12(16)7-9-13-8-3-4-11(15)14-10-5-6-10/h10,13H,2-9H2,1H3,(H,14,15). The maximum absolute atomic E-state index is 11.3. The fourth-order valence-corrected chi connectivity index (χ4v) is 1.45. The largest absolute Gasteiger partial charge is 0.466 e. The number of esters is 1. The Balaban J connectivity index is 1.83. The summed E-state index contributed by atoms with van der Waals surface area (Å²) >= 11 is 0. The van der Waals surface area contributed by atoms with Crippen molar-refractivity contribution in [3.05, 3.63) is 0 Å². The lowest BCUT2D eigenvalue weighted by Crippen LogP contribution is -2.27. The average Bonchev–Trinajstić information content (AvgIpc) is 3.07. The van der Waals surface area contributed by atoms with E-state index in [4.69, 9.17) is 4.74 Å². The first-order chi connectivity index (χ1) is 8.22. The normalized spacial score (nSPS) is 14.4. The monoisotopic (exact) mass is 242 g/mol. The minimum atomic E-state index is -0.175. The smallest absolute Gasteiger partial charge is 0.307 e. The van der Waals surface area contributed by atoms with Gasteiger partial charge in [-0.3, -0.25) is 9.59 Å². The van der Waals surface area contributed by atoms with E-state index in [0.29, 0.717) is 32.0 Å². The predicted molar refractivity (Wildman–Crippen MR) is 64.5 cm³/mol. The van der Waals surface area contributed by atoms with Crippen molar-refractivity contribution in [2.45, 2.75) is 45.1 Å². The molecule has 2 N–H and O–H groups in total. The number of carbonyl (C=O) groups is 2. The molecule has 0 aromatic rings. The molecule has 1 aliphatic carbocycles. The Hall–Kier alpha value is -1.10. The van der Waals surface area contributed by atoms with Gasteiger partial charge < -0.3 is 15.4 Å². The molecular weight excluding hydrogens is 220 g/mol. The fraction of sp³-hybridized carbons (Fsp3) is 0.833. The summed E-state index contributed by atoms with van der Waals surface area (Å²) in [7, 11) is 0. The lowest BCUT2D eigenvalue weighted by Gasteiger charge is -2.05. The molecule has 0 bridgehead atoms. The van der Waals surface area contributed by atoms with E-state index in [1.807, 2.05) is 0 Å². The number of hydrogen-bond acceptors (Lipinski definition) is 4. The predicted octanol–water partition coefficient (Wildman–Crippen LogP) is 0.588. The van der Waals surface area contributed by atoms with Gasteiger partial charge >= 0.3 is 5.97 Å². The molecule has 1 rings (SSSR count). The zero-order chi connectivity index (χ0) is 12.5. The Morgan fingerprint density at radius 3 is 2.65 bits per heavy atom. The number of rotatable bonds is 9. The van der Waals surface area contributed by atoms with E-state index in [0.717, 1.165) is 25.8 Å². The quantitative estimate of drug-likeness (QED) is 0.458. The van der Waals surface area contributed by atoms with Crippen LogP contribution >= 0.6 is 0 Å². The van der Waals surface area contributed by atoms with Crippen LogP contribution in [0.15, 0.2) is 0 Å². The second-order valence-corrected chi connectivity index (χ2v) is 4.25. The highest BCUT2D eigenvalue weighted by molar-refractivity contribution is 5.76. The molecule has 5 heteroatoms. The van der Waals surface area contributed by atoms with Gasteiger partial charge in [0.2, 0.25) is 5.91 Å². The Morgan fingerprint density at radius 2 is 2.00 bits per heavy atom. The van der Waals surface area contributed by atoms with Gasteiger partial charge in [0.05, 0.1) is 13.0 Å². The van der Waals surface area contributed by atoms with Crippen LogP contribution in [-0.2, 0) is 14.3 Å². The lowest BCUT2D eigenvalue weighted by molar-refractivity contribution is -0.143. The van der Waals surface area contributed by atoms with Crippen molar-refractivity contribution in [1.82, 2.24) is 10.6 Å². The van der Waals surface area contributed by atoms with Gasteiger partial charge in [0.15, 0.2) is 0 Å². The number of amides is 1. The molecular formula is C12H22N2O3. The number of carbonyl (C=O) groups excluding carboxylic acids is 2. The van der Waals surface area contributed by atoms with Crippen LogP contribution in [-0.4, -0.2) is 37.6 Å². The van der Waals surface area contributed by atoms with Gasteiger partial charge in [0.1, 0.15) is 0 Å². The van der Waals surface area contributed by atoms with E-state index in [-0.39, 0.29) is 11.9 Å². The Morgan fingerprint density at radius 1 is 1.24 bits per heavy atom. The Kier molecular flexibility index (Phi) is 6.62. The summed E-state index contributed by atoms with van der Waals surface area (Å²) in [5, 5.41) is 6.06. The molecule has 17 heavy (non-hydrogen) atoms. The topological polar surface area (TPSA) is 67.4 Å². The minimum absolute atomic E-state index is 0.139. The zero-order valence-electron chi connectivity index (χ0n) is 10.5. The van der Waals surface area contributed by atoms with Crippen LogP contribution < -0.4 is 10.6 Å². The minimum Gasteiger partial charge on any atom is -0.466 e. The summed E-state index contributed by atoms with van der Waals surface area (Å²) < 4.78 is 4.79. The zero-order valence-corrected chi connectivity index (χ0v) is 10.5. The summed E-state index contributed by atoms with van der Waals surface area (Å²) in [4.78, 5) is 22.3. The fourth-order valence-electron chi connectivity index (χ4n) is 1.45. The molecule has 0 heterocycles. The van der Waals surface area contributed by atoms with Crippen molar-refractivity contribution in [2.75, 3.05) is 19.7 Å². The lowest BCUT2D eigenvalue weighted by atomic mass is 10.3. The van der Waals surface area contributed by atoms with Gasteiger partial charge in [-0.1, -0.05) is 0 Å². The van der Waals surface area contributed by atoms with Gasteiger partial charge in [-0.25, -0.2) is 0 Å². The van der Waals surface area contributed by atoms with Crippen molar-refractivity contribution in [2.24, 2.45) is 0 Å². The van der Waals surface area contributed by atoms with Crippen LogP contribution in [0.1, 0.15) is 39.0 Å². The van der Waals surface area contributed by atoms with E-state index < -0.39 is 0 Å². The third-order valence-corrected chi connectivity index (χ3v) is 2.51. The van der Waals surface area contributed by atoms with Gasteiger partial charge in [0, 0.05) is 19.0 Å². The van der Waals surface area contributed by atoms with Crippen molar-refractivity contribution in [1.29, 1.82) is 0 Å². The van der Waals surface area contributed by atoms with Crippen LogP contribution in [0.25, 0.3) is 0 Å². The highest BCUT2D eigenvalue weighted by Gasteiger charge is 2.22. The van der Waals surface area contributed by atoms with Crippen molar-refractivity contribution < 1.29 is 14.3 Å². The number of ether oxygens (including phenoxy) is 1. The Labute approximate surface area is 102 Å². The molecule has 0 saturated heterocycles. The van der Waals surface area contributed by atoms with Crippen molar-refractivity contribution >= 4 is 11.9 Å². The molecule has 0 aromatic heterocycles. The van der Waals surface area contributed by atoms with E-state index in [2.05, 4.69) is 10.6 Å². The number of hydrogen-bond donors (Lipinski definition) is 2. The Bertz CT molecular complexity index is 252. The highest BCUT2D eigenvalue weighted by atomic mass is 16.5. The van der Waals surface area contributed by atoms with Crippen LogP contribution in [0.5, 0.6) is 0 Å². The second kappa shape index (κ2) is 8.06. The number of nitrogens with one attached hydrogen (secondary N) is 2. The van der Waals surface area contributed by atoms with Crippen LogP contribution in [0.2, 0.25) is 0 Å². The molecule has 0 spiro atoms. The summed E-state index contributed by atoms with van der Waals surface area (Å²) in [6.07, 6.45) is 4.01. The molecule has 0 atom stereocenters. The van der Waals surface area contributed by atoms with Crippen molar-refractivity contribution in [3.8, 4) is 0 Å². The summed E-state index contributed by atoms with van der Waals surface area (Å²) in [5.74, 6) is -0.0360. The van der Waals surface area contributed by atoms with Gasteiger partial charge in [-0.05, 0) is 32.7 Å². The SMILES string of the molecule is CCOC(=O)CCNCCCC(=O)NC1CC1. The van der Waals surface area contributed by atoms with Gasteiger partial charge in [-0.2, -0.15) is 0 Å². The molecule has 0 unspecified atom stereocenters. The van der Waals surface area contributed by atoms with Crippen LogP contribution in [0.4, 0.5) is 0 Å². The summed E-state index contributed by atoms with van der Waals surface area (Å²) in [6, 6.07) is 0.444. The van der Waals surface area contributed by atoms with E-state index in [9.17, 15) is 9.59 Å². The molecule has 5 nitrogen and oxygen atoms in total. The molecule has 1 fully saturated rings. The van der Waals surface area contributed by atoms with E-state index >= 15 is 0 Å². The second-order valence-electron chi connectivity index (χ2n) is 4.25. The first-order valence-corrected chi connectivity index (χ1v) is 6.38. The molecule has 98 valence electrons. The van der Waals surface area contributed by atoms with E-state index in [1.54, 1.807) is 6.92 Å². The highest BCUT2D eigenvalue weighted by Crippen LogP contribution is 2.18. The molecule has 1 aliphatic rings. The summed E-state index contributed by atoms with van der Waals surface area (Å²) in [6.45, 7) is 3.60. The van der Waals surface area contributed by atoms with Gasteiger partial charge in [-0.15, -0.1) is 0 Å². The van der Waals surface area contributed by atoms with Crippen LogP contribution in [0, 0.1) is 0 Å². The molecule has 0 radical (unpaired) electrons. The van der Waals surface area contributed by atoms with Crippen molar-refractivity contribution in [3.63, 3.8) is 0 Å². The maximum atomic E-state index is 11.3. The maximum Gasteiger partial charge on any atom is 0.307 e. The third-order valence-electron chi connectivity index (χ3n) is 2.51. The first kappa shape index (κ1) is 14.0. The third kappa shape index (κ3) is 7.74. The molecule has 1 amide bonds. The van der Waals surface area contributed by atoms with Gasteiger partial charge in [0.25, 0.3) is 0 Å². The molecule has 0 aromatic carbocycles. The van der Waals surface area contributed by atoms with E-state index in [1.165, 1.54) is 0 Å². The van der Waals surface area contributed by atoms with Crippen LogP contribution in [0.3, 0.4) is 0 Å². The summed E-state index contributed by atoms with van der Waals surface area (Å²) in [5.41, 5.74) is 0. The average molecular weight is 242 g/mol. The molecule has 1 saturated carbocycles.